The number of nitrogens with zero attached hydrogens (tertiary/aromatic N) is 1. The van der Waals surface area contributed by atoms with Crippen molar-refractivity contribution in [3.63, 3.8) is 0 Å². The summed E-state index contributed by atoms with van der Waals surface area (Å²) in [6.45, 7) is 3.07. The zero-order chi connectivity index (χ0) is 12.5. The van der Waals surface area contributed by atoms with Gasteiger partial charge in [-0.3, -0.25) is 4.79 Å². The summed E-state index contributed by atoms with van der Waals surface area (Å²) in [5.41, 5.74) is 2.45. The van der Waals surface area contributed by atoms with E-state index in [1.54, 1.807) is 0 Å². The van der Waals surface area contributed by atoms with Crippen molar-refractivity contribution in [2.45, 2.75) is 19.9 Å². The Kier molecular flexibility index (Phi) is 5.76. The van der Waals surface area contributed by atoms with E-state index in [0.717, 1.165) is 12.0 Å². The van der Waals surface area contributed by atoms with Crippen LogP contribution in [0, 0.1) is 11.3 Å². The first-order valence-electron chi connectivity index (χ1n) is 5.68. The number of carbonyl (C=O) groups excluding carboxylic acids is 1. The maximum atomic E-state index is 11.2. The summed E-state index contributed by atoms with van der Waals surface area (Å²) >= 11 is 0. The molecule has 0 saturated heterocycles. The highest BCUT2D eigenvalue weighted by Gasteiger charge is 1.99. The molecule has 0 aliphatic rings. The number of hydrogen-bond donors (Lipinski definition) is 2. The zero-order valence-corrected chi connectivity index (χ0v) is 9.99. The van der Waals surface area contributed by atoms with Crippen molar-refractivity contribution in [1.82, 2.24) is 10.6 Å². The van der Waals surface area contributed by atoms with Crippen molar-refractivity contribution in [2.24, 2.45) is 0 Å². The zero-order valence-electron chi connectivity index (χ0n) is 9.99. The average molecular weight is 231 g/mol. The van der Waals surface area contributed by atoms with Gasteiger partial charge < -0.3 is 10.6 Å². The first-order valence-corrected chi connectivity index (χ1v) is 5.68. The molecule has 0 bridgehead atoms. The molecule has 0 saturated carbocycles. The van der Waals surface area contributed by atoms with Gasteiger partial charge in [-0.25, -0.2) is 0 Å². The average Bonchev–Trinajstić information content (AvgIpc) is 2.37. The first-order chi connectivity index (χ1) is 8.26. The minimum absolute atomic E-state index is 0.0612. The Balaban J connectivity index is 2.26. The van der Waals surface area contributed by atoms with Crippen LogP contribution in [0.3, 0.4) is 0 Å². The van der Waals surface area contributed by atoms with E-state index in [1.807, 2.05) is 6.07 Å². The van der Waals surface area contributed by atoms with Gasteiger partial charge in [0, 0.05) is 6.54 Å². The lowest BCUT2D eigenvalue weighted by Crippen LogP contribution is -2.33. The number of nitriles is 1. The Morgan fingerprint density at radius 2 is 1.94 bits per heavy atom. The third-order valence-electron chi connectivity index (χ3n) is 2.41. The molecule has 0 atom stereocenters. The Morgan fingerprint density at radius 3 is 2.53 bits per heavy atom. The number of aryl methyl sites for hydroxylation is 1. The molecule has 1 amide bonds. The van der Waals surface area contributed by atoms with Crippen LogP contribution in [-0.4, -0.2) is 19.0 Å². The molecule has 0 aliphatic heterocycles. The van der Waals surface area contributed by atoms with E-state index in [-0.39, 0.29) is 19.0 Å². The van der Waals surface area contributed by atoms with Crippen LogP contribution in [0.15, 0.2) is 24.3 Å². The van der Waals surface area contributed by atoms with Gasteiger partial charge in [0.2, 0.25) is 5.91 Å². The fourth-order valence-corrected chi connectivity index (χ4v) is 1.41. The fourth-order valence-electron chi connectivity index (χ4n) is 1.41. The topological polar surface area (TPSA) is 64.9 Å². The Morgan fingerprint density at radius 1 is 1.29 bits per heavy atom. The summed E-state index contributed by atoms with van der Waals surface area (Å²) in [6, 6.07) is 10.1. The molecular formula is C13H17N3O. The quantitative estimate of drug-likeness (QED) is 0.717. The van der Waals surface area contributed by atoms with Crippen LogP contribution in [0.2, 0.25) is 0 Å². The number of nitrogens with one attached hydrogen (secondary N) is 2. The molecule has 0 radical (unpaired) electrons. The standard InChI is InChI=1S/C13H17N3O/c1-2-11-3-5-12(6-4-11)9-15-10-13(17)16-8-7-14/h3-6,15H,2,8-10H2,1H3,(H,16,17). The van der Waals surface area contributed by atoms with Crippen molar-refractivity contribution in [2.75, 3.05) is 13.1 Å². The lowest BCUT2D eigenvalue weighted by Gasteiger charge is -2.05. The molecule has 1 aromatic carbocycles. The second-order valence-electron chi connectivity index (χ2n) is 3.71. The Bertz CT molecular complexity index is 392. The number of hydrogen-bond acceptors (Lipinski definition) is 3. The van der Waals surface area contributed by atoms with E-state index in [9.17, 15) is 4.79 Å². The molecule has 0 spiro atoms. The predicted molar refractivity (Wildman–Crippen MR) is 66.1 cm³/mol. The van der Waals surface area contributed by atoms with Gasteiger partial charge in [-0.05, 0) is 17.5 Å². The van der Waals surface area contributed by atoms with E-state index in [4.69, 9.17) is 5.26 Å². The molecule has 17 heavy (non-hydrogen) atoms. The summed E-state index contributed by atoms with van der Waals surface area (Å²) < 4.78 is 0. The first kappa shape index (κ1) is 13.2. The molecular weight excluding hydrogens is 214 g/mol. The highest BCUT2D eigenvalue weighted by Crippen LogP contribution is 2.04. The van der Waals surface area contributed by atoms with Crippen molar-refractivity contribution < 1.29 is 4.79 Å². The maximum absolute atomic E-state index is 11.2. The summed E-state index contributed by atoms with van der Waals surface area (Å²) in [5.74, 6) is -0.156. The van der Waals surface area contributed by atoms with Crippen LogP contribution in [0.25, 0.3) is 0 Å². The molecule has 1 rings (SSSR count). The third-order valence-corrected chi connectivity index (χ3v) is 2.41. The fraction of sp³-hybridized carbons (Fsp3) is 0.385. The van der Waals surface area contributed by atoms with Gasteiger partial charge in [-0.2, -0.15) is 5.26 Å². The van der Waals surface area contributed by atoms with Gasteiger partial charge in [0.05, 0.1) is 12.6 Å². The largest absolute Gasteiger partial charge is 0.342 e. The van der Waals surface area contributed by atoms with Crippen LogP contribution in [0.5, 0.6) is 0 Å². The van der Waals surface area contributed by atoms with Crippen LogP contribution in [-0.2, 0) is 17.8 Å². The van der Waals surface area contributed by atoms with E-state index in [1.165, 1.54) is 5.56 Å². The lowest BCUT2D eigenvalue weighted by atomic mass is 10.1. The molecule has 90 valence electrons. The monoisotopic (exact) mass is 231 g/mol. The van der Waals surface area contributed by atoms with Gasteiger partial charge in [0.25, 0.3) is 0 Å². The maximum Gasteiger partial charge on any atom is 0.234 e. The number of rotatable bonds is 6. The molecule has 2 N–H and O–H groups in total. The molecule has 0 aromatic heterocycles. The minimum Gasteiger partial charge on any atom is -0.342 e. The highest BCUT2D eigenvalue weighted by atomic mass is 16.1. The summed E-state index contributed by atoms with van der Waals surface area (Å²) in [5, 5.41) is 13.8. The van der Waals surface area contributed by atoms with Crippen LogP contribution >= 0.6 is 0 Å². The van der Waals surface area contributed by atoms with E-state index in [0.29, 0.717) is 6.54 Å². The van der Waals surface area contributed by atoms with Crippen molar-refractivity contribution >= 4 is 5.91 Å². The van der Waals surface area contributed by atoms with E-state index >= 15 is 0 Å². The number of amides is 1. The molecule has 1 aromatic rings. The summed E-state index contributed by atoms with van der Waals surface area (Å²) in [4.78, 5) is 11.2. The van der Waals surface area contributed by atoms with Crippen LogP contribution in [0.4, 0.5) is 0 Å². The third kappa shape index (κ3) is 5.14. The van der Waals surface area contributed by atoms with Crippen molar-refractivity contribution in [1.29, 1.82) is 5.26 Å². The van der Waals surface area contributed by atoms with Crippen molar-refractivity contribution in [3.05, 3.63) is 35.4 Å². The summed E-state index contributed by atoms with van der Waals surface area (Å²) in [6.07, 6.45) is 1.03. The van der Waals surface area contributed by atoms with E-state index in [2.05, 4.69) is 41.8 Å². The molecule has 4 nitrogen and oxygen atoms in total. The smallest absolute Gasteiger partial charge is 0.234 e. The number of benzene rings is 1. The number of carbonyl (C=O) groups is 1. The summed E-state index contributed by atoms with van der Waals surface area (Å²) in [7, 11) is 0. The minimum atomic E-state index is -0.156. The van der Waals surface area contributed by atoms with Crippen LogP contribution in [0.1, 0.15) is 18.1 Å². The SMILES string of the molecule is CCc1ccc(CNCC(=O)NCC#N)cc1. The molecule has 0 unspecified atom stereocenters. The molecule has 0 heterocycles. The van der Waals surface area contributed by atoms with Gasteiger partial charge in [0.1, 0.15) is 6.54 Å². The Labute approximate surface area is 102 Å². The van der Waals surface area contributed by atoms with Gasteiger partial charge >= 0.3 is 0 Å². The second-order valence-corrected chi connectivity index (χ2v) is 3.71. The lowest BCUT2D eigenvalue weighted by molar-refractivity contribution is -0.120. The molecule has 0 aliphatic carbocycles. The molecule has 4 heteroatoms. The van der Waals surface area contributed by atoms with Crippen molar-refractivity contribution in [3.8, 4) is 6.07 Å². The van der Waals surface area contributed by atoms with E-state index < -0.39 is 0 Å². The van der Waals surface area contributed by atoms with Gasteiger partial charge in [0.15, 0.2) is 0 Å². The highest BCUT2D eigenvalue weighted by molar-refractivity contribution is 5.78. The second kappa shape index (κ2) is 7.42. The Hall–Kier alpha value is -1.86. The molecule has 0 fully saturated rings. The van der Waals surface area contributed by atoms with Gasteiger partial charge in [-0.1, -0.05) is 31.2 Å². The van der Waals surface area contributed by atoms with Gasteiger partial charge in [-0.15, -0.1) is 0 Å². The normalized spacial score (nSPS) is 9.65. The van der Waals surface area contributed by atoms with Crippen LogP contribution < -0.4 is 10.6 Å². The predicted octanol–water partition coefficient (Wildman–Crippen LogP) is 0.978.